The molecule has 0 saturated carbocycles. The quantitative estimate of drug-likeness (QED) is 0.423. The van der Waals surface area contributed by atoms with Gasteiger partial charge in [-0.25, -0.2) is 4.39 Å². The first-order valence-corrected chi connectivity index (χ1v) is 9.94. The zero-order valence-electron chi connectivity index (χ0n) is 15.8. The molecule has 0 spiro atoms. The van der Waals surface area contributed by atoms with Gasteiger partial charge >= 0.3 is 0 Å². The molecule has 4 rings (SSSR count). The third-order valence-electron chi connectivity index (χ3n) is 4.30. The average Bonchev–Trinajstić information content (AvgIpc) is 3.35. The van der Waals surface area contributed by atoms with Crippen molar-refractivity contribution in [2.45, 2.75) is 13.1 Å². The van der Waals surface area contributed by atoms with Gasteiger partial charge in [0.2, 0.25) is 0 Å². The number of aromatic nitrogens is 4. The van der Waals surface area contributed by atoms with Crippen LogP contribution in [0.5, 0.6) is 0 Å². The van der Waals surface area contributed by atoms with Crippen LogP contribution in [0.15, 0.2) is 73.3 Å². The number of halogens is 2. The maximum absolute atomic E-state index is 13.0. The second-order valence-corrected chi connectivity index (χ2v) is 7.53. The molecule has 152 valence electrons. The number of benzene rings is 2. The van der Waals surface area contributed by atoms with Gasteiger partial charge in [0.15, 0.2) is 5.11 Å². The fraction of sp³-hybridized carbons (Fsp3) is 0.0952. The van der Waals surface area contributed by atoms with Gasteiger partial charge in [0.05, 0.1) is 36.9 Å². The summed E-state index contributed by atoms with van der Waals surface area (Å²) in [5, 5.41) is 16.0. The maximum atomic E-state index is 13.0. The second kappa shape index (κ2) is 9.06. The zero-order chi connectivity index (χ0) is 20.9. The summed E-state index contributed by atoms with van der Waals surface area (Å²) in [6, 6.07) is 14.0. The first-order valence-electron chi connectivity index (χ1n) is 9.15. The summed E-state index contributed by atoms with van der Waals surface area (Å²) in [6.45, 7) is 1.18. The number of anilines is 2. The van der Waals surface area contributed by atoms with Crippen LogP contribution in [0.4, 0.5) is 15.8 Å². The predicted octanol–water partition coefficient (Wildman–Crippen LogP) is 4.78. The first-order chi connectivity index (χ1) is 14.5. The highest BCUT2D eigenvalue weighted by atomic mass is 35.5. The van der Waals surface area contributed by atoms with Gasteiger partial charge in [-0.05, 0) is 47.6 Å². The summed E-state index contributed by atoms with van der Waals surface area (Å²) >= 11 is 11.3. The number of rotatable bonds is 6. The van der Waals surface area contributed by atoms with Crippen molar-refractivity contribution in [1.82, 2.24) is 19.6 Å². The summed E-state index contributed by atoms with van der Waals surface area (Å²) in [5.41, 5.74) is 3.59. The molecule has 2 heterocycles. The first kappa shape index (κ1) is 20.1. The predicted molar refractivity (Wildman–Crippen MR) is 120 cm³/mol. The van der Waals surface area contributed by atoms with Gasteiger partial charge in [-0.3, -0.25) is 9.36 Å². The van der Waals surface area contributed by atoms with Crippen molar-refractivity contribution in [1.29, 1.82) is 0 Å². The Balaban J connectivity index is 1.30. The van der Waals surface area contributed by atoms with Crippen LogP contribution in [0.1, 0.15) is 11.1 Å². The molecular weight excluding hydrogens is 423 g/mol. The lowest BCUT2D eigenvalue weighted by Gasteiger charge is -2.06. The highest BCUT2D eigenvalue weighted by Gasteiger charge is 2.05. The zero-order valence-corrected chi connectivity index (χ0v) is 17.4. The van der Waals surface area contributed by atoms with Crippen LogP contribution in [0, 0.1) is 5.82 Å². The van der Waals surface area contributed by atoms with E-state index in [1.807, 2.05) is 41.3 Å². The van der Waals surface area contributed by atoms with E-state index in [4.69, 9.17) is 23.8 Å². The van der Waals surface area contributed by atoms with Crippen LogP contribution >= 0.6 is 23.8 Å². The van der Waals surface area contributed by atoms with E-state index in [1.165, 1.54) is 12.1 Å². The molecule has 2 aromatic heterocycles. The summed E-state index contributed by atoms with van der Waals surface area (Å²) in [7, 11) is 0. The molecule has 6 nitrogen and oxygen atoms in total. The smallest absolute Gasteiger partial charge is 0.175 e. The lowest BCUT2D eigenvalue weighted by atomic mass is 10.2. The van der Waals surface area contributed by atoms with Crippen molar-refractivity contribution in [2.75, 3.05) is 10.6 Å². The van der Waals surface area contributed by atoms with Gasteiger partial charge in [0.25, 0.3) is 0 Å². The van der Waals surface area contributed by atoms with Crippen molar-refractivity contribution in [3.63, 3.8) is 0 Å². The topological polar surface area (TPSA) is 59.7 Å². The Labute approximate surface area is 183 Å². The fourth-order valence-electron chi connectivity index (χ4n) is 2.88. The van der Waals surface area contributed by atoms with Gasteiger partial charge in [-0.1, -0.05) is 35.9 Å². The molecule has 2 aromatic carbocycles. The highest BCUT2D eigenvalue weighted by Crippen LogP contribution is 2.13. The normalized spacial score (nSPS) is 10.7. The third-order valence-corrected chi connectivity index (χ3v) is 4.75. The van der Waals surface area contributed by atoms with E-state index in [2.05, 4.69) is 20.8 Å². The Bertz CT molecular complexity index is 1050. The van der Waals surface area contributed by atoms with Gasteiger partial charge < -0.3 is 10.6 Å². The number of hydrogen-bond acceptors (Lipinski definition) is 3. The molecule has 0 fully saturated rings. The third kappa shape index (κ3) is 5.43. The van der Waals surface area contributed by atoms with E-state index in [1.54, 1.807) is 29.2 Å². The molecule has 2 N–H and O–H groups in total. The fourth-order valence-corrected chi connectivity index (χ4v) is 3.24. The highest BCUT2D eigenvalue weighted by molar-refractivity contribution is 7.80. The van der Waals surface area contributed by atoms with Crippen LogP contribution < -0.4 is 10.6 Å². The van der Waals surface area contributed by atoms with Gasteiger partial charge in [0, 0.05) is 17.4 Å². The standard InChI is InChI=1S/C21H18ClFN6S/c22-17-5-1-15(2-6-17)11-28-13-19(9-24-28)26-21(30)27-20-10-25-29(14-20)12-16-3-7-18(23)8-4-16/h1-10,13-14H,11-12H2,(H2,26,27,30). The Morgan fingerprint density at radius 1 is 0.833 bits per heavy atom. The Morgan fingerprint density at radius 2 is 1.30 bits per heavy atom. The van der Waals surface area contributed by atoms with E-state index < -0.39 is 0 Å². The molecule has 0 atom stereocenters. The summed E-state index contributed by atoms with van der Waals surface area (Å²) < 4.78 is 16.6. The SMILES string of the molecule is Fc1ccc(Cn2cc(NC(=S)Nc3cnn(Cc4ccc(Cl)cc4)c3)cn2)cc1. The number of thiocarbonyl (C=S) groups is 1. The van der Waals surface area contributed by atoms with E-state index >= 15 is 0 Å². The molecule has 0 radical (unpaired) electrons. The van der Waals surface area contributed by atoms with E-state index in [0.717, 1.165) is 22.5 Å². The summed E-state index contributed by atoms with van der Waals surface area (Å²) in [4.78, 5) is 0. The lowest BCUT2D eigenvalue weighted by molar-refractivity contribution is 0.624. The monoisotopic (exact) mass is 440 g/mol. The summed E-state index contributed by atoms with van der Waals surface area (Å²) in [5.74, 6) is -0.255. The van der Waals surface area contributed by atoms with E-state index in [-0.39, 0.29) is 5.82 Å². The van der Waals surface area contributed by atoms with Crippen molar-refractivity contribution in [2.24, 2.45) is 0 Å². The van der Waals surface area contributed by atoms with E-state index in [0.29, 0.717) is 23.2 Å². The van der Waals surface area contributed by atoms with Crippen molar-refractivity contribution in [3.8, 4) is 0 Å². The van der Waals surface area contributed by atoms with Gasteiger partial charge in [-0.2, -0.15) is 10.2 Å². The minimum atomic E-state index is -0.255. The lowest BCUT2D eigenvalue weighted by Crippen LogP contribution is -2.18. The van der Waals surface area contributed by atoms with Crippen LogP contribution in [-0.4, -0.2) is 24.7 Å². The molecule has 0 aliphatic rings. The largest absolute Gasteiger partial charge is 0.330 e. The molecule has 30 heavy (non-hydrogen) atoms. The van der Waals surface area contributed by atoms with Crippen LogP contribution in [-0.2, 0) is 13.1 Å². The van der Waals surface area contributed by atoms with Crippen LogP contribution in [0.25, 0.3) is 0 Å². The number of nitrogens with zero attached hydrogens (tertiary/aromatic N) is 4. The van der Waals surface area contributed by atoms with Crippen LogP contribution in [0.2, 0.25) is 5.02 Å². The number of nitrogens with one attached hydrogen (secondary N) is 2. The Morgan fingerprint density at radius 3 is 1.80 bits per heavy atom. The molecule has 0 unspecified atom stereocenters. The number of hydrogen-bond donors (Lipinski definition) is 2. The minimum absolute atomic E-state index is 0.255. The van der Waals surface area contributed by atoms with Gasteiger partial charge in [-0.15, -0.1) is 0 Å². The van der Waals surface area contributed by atoms with Crippen LogP contribution in [0.3, 0.4) is 0 Å². The van der Waals surface area contributed by atoms with Crippen molar-refractivity contribution < 1.29 is 4.39 Å². The van der Waals surface area contributed by atoms with E-state index in [9.17, 15) is 4.39 Å². The second-order valence-electron chi connectivity index (χ2n) is 6.69. The van der Waals surface area contributed by atoms with Crippen molar-refractivity contribution >= 4 is 40.3 Å². The Kier molecular flexibility index (Phi) is 6.06. The molecule has 0 bridgehead atoms. The van der Waals surface area contributed by atoms with Gasteiger partial charge in [0.1, 0.15) is 5.82 Å². The molecule has 9 heteroatoms. The molecule has 0 aliphatic heterocycles. The minimum Gasteiger partial charge on any atom is -0.330 e. The molecular formula is C21H18ClFN6S. The Hall–Kier alpha value is -3.23. The molecule has 0 saturated heterocycles. The average molecular weight is 441 g/mol. The molecule has 0 aliphatic carbocycles. The summed E-state index contributed by atoms with van der Waals surface area (Å²) in [6.07, 6.45) is 7.10. The maximum Gasteiger partial charge on any atom is 0.175 e. The van der Waals surface area contributed by atoms with Crippen molar-refractivity contribution in [3.05, 3.63) is 95.3 Å². The molecule has 0 amide bonds. The molecule has 4 aromatic rings.